The monoisotopic (exact) mass is 354 g/mol. The Labute approximate surface area is 147 Å². The second-order valence-corrected chi connectivity index (χ2v) is 7.31. The van der Waals surface area contributed by atoms with Gasteiger partial charge in [0.25, 0.3) is 0 Å². The Morgan fingerprint density at radius 3 is 2.44 bits per heavy atom. The van der Waals surface area contributed by atoms with Crippen molar-refractivity contribution in [1.29, 1.82) is 0 Å². The van der Waals surface area contributed by atoms with Gasteiger partial charge in [0.1, 0.15) is 5.75 Å². The number of phenols is 1. The number of pyridine rings is 1. The number of nitrogens with zero attached hydrogens (tertiary/aromatic N) is 1. The number of aromatic hydroxyl groups is 1. The molecule has 1 heterocycles. The summed E-state index contributed by atoms with van der Waals surface area (Å²) in [7, 11) is -3.60. The van der Waals surface area contributed by atoms with Gasteiger partial charge in [-0.3, -0.25) is 4.98 Å². The van der Waals surface area contributed by atoms with Gasteiger partial charge in [-0.25, -0.2) is 13.1 Å². The van der Waals surface area contributed by atoms with Crippen molar-refractivity contribution in [2.24, 2.45) is 0 Å². The molecule has 5 nitrogen and oxygen atoms in total. The summed E-state index contributed by atoms with van der Waals surface area (Å²) in [5, 5.41) is 9.37. The van der Waals surface area contributed by atoms with Crippen molar-refractivity contribution in [1.82, 2.24) is 9.71 Å². The summed E-state index contributed by atoms with van der Waals surface area (Å²) >= 11 is 0. The van der Waals surface area contributed by atoms with Gasteiger partial charge >= 0.3 is 0 Å². The molecule has 0 aliphatic heterocycles. The van der Waals surface area contributed by atoms with E-state index in [-0.39, 0.29) is 17.2 Å². The van der Waals surface area contributed by atoms with E-state index >= 15 is 0 Å². The molecule has 128 valence electrons. The van der Waals surface area contributed by atoms with Crippen molar-refractivity contribution in [2.75, 3.05) is 6.54 Å². The highest BCUT2D eigenvalue weighted by Crippen LogP contribution is 2.24. The number of hydrogen-bond acceptors (Lipinski definition) is 4. The molecule has 0 atom stereocenters. The van der Waals surface area contributed by atoms with Gasteiger partial charge in [0, 0.05) is 24.9 Å². The Balaban J connectivity index is 1.73. The molecule has 0 amide bonds. The first-order valence-electron chi connectivity index (χ1n) is 7.84. The number of rotatable bonds is 6. The van der Waals surface area contributed by atoms with Crippen LogP contribution in [0.15, 0.2) is 77.8 Å². The third kappa shape index (κ3) is 4.43. The molecular weight excluding hydrogens is 336 g/mol. The van der Waals surface area contributed by atoms with Crippen LogP contribution in [0.5, 0.6) is 5.75 Å². The highest BCUT2D eigenvalue weighted by atomic mass is 32.2. The summed E-state index contributed by atoms with van der Waals surface area (Å²) in [5.41, 5.74) is 2.44. The summed E-state index contributed by atoms with van der Waals surface area (Å²) in [4.78, 5) is 4.38. The molecule has 0 radical (unpaired) electrons. The summed E-state index contributed by atoms with van der Waals surface area (Å²) in [6.45, 7) is 0.281. The van der Waals surface area contributed by atoms with Gasteiger partial charge in [-0.1, -0.05) is 30.3 Å². The van der Waals surface area contributed by atoms with Gasteiger partial charge in [0.15, 0.2) is 0 Å². The first-order valence-corrected chi connectivity index (χ1v) is 9.32. The van der Waals surface area contributed by atoms with Crippen LogP contribution in [0.25, 0.3) is 11.1 Å². The van der Waals surface area contributed by atoms with Crippen molar-refractivity contribution in [3.63, 3.8) is 0 Å². The fourth-order valence-corrected chi connectivity index (χ4v) is 3.52. The third-order valence-electron chi connectivity index (χ3n) is 3.74. The fraction of sp³-hybridized carbons (Fsp3) is 0.105. The van der Waals surface area contributed by atoms with Crippen molar-refractivity contribution in [3.8, 4) is 16.9 Å². The predicted molar refractivity (Wildman–Crippen MR) is 96.7 cm³/mol. The van der Waals surface area contributed by atoms with E-state index < -0.39 is 10.0 Å². The quantitative estimate of drug-likeness (QED) is 0.713. The molecule has 0 aliphatic rings. The van der Waals surface area contributed by atoms with Crippen molar-refractivity contribution >= 4 is 10.0 Å². The highest BCUT2D eigenvalue weighted by Gasteiger charge is 2.14. The molecule has 2 aromatic carbocycles. The number of hydrogen-bond donors (Lipinski definition) is 2. The van der Waals surface area contributed by atoms with Crippen LogP contribution in [0.2, 0.25) is 0 Å². The second kappa shape index (κ2) is 7.46. The third-order valence-corrected chi connectivity index (χ3v) is 5.20. The average Bonchev–Trinajstić information content (AvgIpc) is 2.63. The Bertz CT molecular complexity index is 940. The molecule has 3 aromatic rings. The average molecular weight is 354 g/mol. The molecule has 0 saturated heterocycles. The normalized spacial score (nSPS) is 11.4. The summed E-state index contributed by atoms with van der Waals surface area (Å²) in [5.74, 6) is 0.170. The van der Waals surface area contributed by atoms with Crippen molar-refractivity contribution < 1.29 is 13.5 Å². The minimum atomic E-state index is -3.60. The van der Waals surface area contributed by atoms with Crippen LogP contribution in [0, 0.1) is 0 Å². The van der Waals surface area contributed by atoms with E-state index in [1.165, 1.54) is 0 Å². The SMILES string of the molecule is O=S(=O)(NCCc1ccccn1)c1cccc(-c2ccc(O)cc2)c1. The van der Waals surface area contributed by atoms with Crippen LogP contribution in [-0.2, 0) is 16.4 Å². The van der Waals surface area contributed by atoms with Crippen LogP contribution in [0.3, 0.4) is 0 Å². The lowest BCUT2D eigenvalue weighted by Gasteiger charge is -2.09. The summed E-state index contributed by atoms with van der Waals surface area (Å²) in [6, 6.07) is 18.9. The lowest BCUT2D eigenvalue weighted by atomic mass is 10.1. The maximum absolute atomic E-state index is 12.5. The van der Waals surface area contributed by atoms with Crippen LogP contribution in [0.4, 0.5) is 0 Å². The topological polar surface area (TPSA) is 79.3 Å². The second-order valence-electron chi connectivity index (χ2n) is 5.54. The Morgan fingerprint density at radius 1 is 0.920 bits per heavy atom. The lowest BCUT2D eigenvalue weighted by Crippen LogP contribution is -2.26. The van der Waals surface area contributed by atoms with E-state index in [0.29, 0.717) is 6.42 Å². The molecule has 25 heavy (non-hydrogen) atoms. The van der Waals surface area contributed by atoms with E-state index in [1.807, 2.05) is 24.3 Å². The Kier molecular flexibility index (Phi) is 5.11. The zero-order chi connectivity index (χ0) is 17.7. The molecule has 0 saturated carbocycles. The fourth-order valence-electron chi connectivity index (χ4n) is 2.44. The zero-order valence-electron chi connectivity index (χ0n) is 13.5. The maximum atomic E-state index is 12.5. The Hall–Kier alpha value is -2.70. The maximum Gasteiger partial charge on any atom is 0.240 e. The molecular formula is C19H18N2O3S. The van der Waals surface area contributed by atoms with E-state index in [4.69, 9.17) is 0 Å². The molecule has 0 bridgehead atoms. The summed E-state index contributed by atoms with van der Waals surface area (Å²) in [6.07, 6.45) is 2.21. The molecule has 0 fully saturated rings. The van der Waals surface area contributed by atoms with Crippen molar-refractivity contribution in [2.45, 2.75) is 11.3 Å². The smallest absolute Gasteiger partial charge is 0.240 e. The number of benzene rings is 2. The van der Waals surface area contributed by atoms with Gasteiger partial charge in [-0.2, -0.15) is 0 Å². The van der Waals surface area contributed by atoms with Crippen LogP contribution in [-0.4, -0.2) is 25.1 Å². The molecule has 3 rings (SSSR count). The van der Waals surface area contributed by atoms with Gasteiger partial charge in [-0.05, 0) is 47.5 Å². The molecule has 0 unspecified atom stereocenters. The van der Waals surface area contributed by atoms with E-state index in [1.54, 1.807) is 48.7 Å². The first-order chi connectivity index (χ1) is 12.0. The molecule has 0 aliphatic carbocycles. The standard InChI is InChI=1S/C19H18N2O3S/c22-18-9-7-15(8-10-18)16-4-3-6-19(14-16)25(23,24)21-13-11-17-5-1-2-12-20-17/h1-10,12,14,21-22H,11,13H2. The first kappa shape index (κ1) is 17.1. The number of nitrogens with one attached hydrogen (secondary N) is 1. The lowest BCUT2D eigenvalue weighted by molar-refractivity contribution is 0.475. The molecule has 1 aromatic heterocycles. The molecule has 6 heteroatoms. The number of aromatic nitrogens is 1. The number of sulfonamides is 1. The minimum Gasteiger partial charge on any atom is -0.508 e. The highest BCUT2D eigenvalue weighted by molar-refractivity contribution is 7.89. The molecule has 2 N–H and O–H groups in total. The Morgan fingerprint density at radius 2 is 1.72 bits per heavy atom. The minimum absolute atomic E-state index is 0.170. The summed E-state index contributed by atoms with van der Waals surface area (Å²) < 4.78 is 27.6. The van der Waals surface area contributed by atoms with Crippen LogP contribution in [0.1, 0.15) is 5.69 Å². The van der Waals surface area contributed by atoms with Crippen molar-refractivity contribution in [3.05, 3.63) is 78.6 Å². The van der Waals surface area contributed by atoms with Gasteiger partial charge in [0.2, 0.25) is 10.0 Å². The van der Waals surface area contributed by atoms with Gasteiger partial charge in [-0.15, -0.1) is 0 Å². The van der Waals surface area contributed by atoms with E-state index in [9.17, 15) is 13.5 Å². The van der Waals surface area contributed by atoms with Gasteiger partial charge in [0.05, 0.1) is 4.90 Å². The van der Waals surface area contributed by atoms with Gasteiger partial charge < -0.3 is 5.11 Å². The van der Waals surface area contributed by atoms with E-state index in [0.717, 1.165) is 16.8 Å². The van der Waals surface area contributed by atoms with Crippen LogP contribution >= 0.6 is 0 Å². The zero-order valence-corrected chi connectivity index (χ0v) is 14.3. The number of phenolic OH excluding ortho intramolecular Hbond substituents is 1. The predicted octanol–water partition coefficient (Wildman–Crippen LogP) is 2.98. The molecule has 0 spiro atoms. The van der Waals surface area contributed by atoms with E-state index in [2.05, 4.69) is 9.71 Å². The largest absolute Gasteiger partial charge is 0.508 e. The van der Waals surface area contributed by atoms with Crippen LogP contribution < -0.4 is 4.72 Å².